The Kier molecular flexibility index (Phi) is 4.23. The lowest BCUT2D eigenvalue weighted by Crippen LogP contribution is -2.29. The van der Waals surface area contributed by atoms with Gasteiger partial charge in [-0.15, -0.1) is 0 Å². The highest BCUT2D eigenvalue weighted by Gasteiger charge is 2.61. The molecule has 0 aromatic carbocycles. The average molecular weight is 356 g/mol. The van der Waals surface area contributed by atoms with Crippen molar-refractivity contribution in [1.29, 1.82) is 0 Å². The Hall–Kier alpha value is -2.34. The number of epoxide rings is 1. The molecule has 2 saturated heterocycles. The monoisotopic (exact) mass is 356 g/mol. The van der Waals surface area contributed by atoms with E-state index in [1.54, 1.807) is 23.3 Å². The van der Waals surface area contributed by atoms with Gasteiger partial charge in [0.15, 0.2) is 5.88 Å². The highest BCUT2D eigenvalue weighted by atomic mass is 16.6. The van der Waals surface area contributed by atoms with Gasteiger partial charge >= 0.3 is 5.97 Å². The van der Waals surface area contributed by atoms with Crippen molar-refractivity contribution in [3.05, 3.63) is 49.1 Å². The molecule has 0 amide bonds. The number of ether oxygens (including phenoxy) is 3. The highest BCUT2D eigenvalue weighted by Crippen LogP contribution is 2.49. The molecule has 0 N–H and O–H groups in total. The number of carbonyl (C=O) groups is 1. The van der Waals surface area contributed by atoms with Gasteiger partial charge in [-0.2, -0.15) is 0 Å². The summed E-state index contributed by atoms with van der Waals surface area (Å²) < 4.78 is 19.1. The Morgan fingerprint density at radius 3 is 3.15 bits per heavy atom. The Morgan fingerprint density at radius 1 is 1.54 bits per heavy atom. The molecule has 3 heterocycles. The number of carbonyl (C=O) groups excluding carboxylic acids is 1. The quantitative estimate of drug-likeness (QED) is 0.273. The van der Waals surface area contributed by atoms with Crippen LogP contribution in [0, 0.1) is 5.92 Å². The number of fused-ring (bicyclic) bond motifs is 3. The number of rotatable bonds is 4. The molecule has 3 aliphatic rings. The van der Waals surface area contributed by atoms with Gasteiger partial charge in [0.2, 0.25) is 0 Å². The minimum atomic E-state index is -0.285. The number of hydrogen-bond acceptors (Lipinski definition) is 5. The Balaban J connectivity index is 1.45. The van der Waals surface area contributed by atoms with Crippen LogP contribution in [0.15, 0.2) is 49.1 Å². The normalized spacial score (nSPS) is 35.6. The molecule has 138 valence electrons. The van der Waals surface area contributed by atoms with Gasteiger partial charge in [0.05, 0.1) is 5.60 Å². The van der Waals surface area contributed by atoms with Gasteiger partial charge < -0.3 is 14.2 Å². The predicted octanol–water partition coefficient (Wildman–Crippen LogP) is 3.08. The molecule has 0 spiro atoms. The van der Waals surface area contributed by atoms with Crippen LogP contribution in [0.1, 0.15) is 32.6 Å². The van der Waals surface area contributed by atoms with E-state index in [0.717, 1.165) is 25.7 Å². The fourth-order valence-electron chi connectivity index (χ4n) is 3.91. The smallest absolute Gasteiger partial charge is 0.334 e. The zero-order valence-corrected chi connectivity index (χ0v) is 15.0. The second-order valence-electron chi connectivity index (χ2n) is 7.44. The van der Waals surface area contributed by atoms with E-state index in [2.05, 4.69) is 31.1 Å². The maximum absolute atomic E-state index is 12.0. The lowest BCUT2D eigenvalue weighted by atomic mass is 9.84. The Morgan fingerprint density at radius 2 is 2.38 bits per heavy atom. The molecule has 1 aromatic rings. The van der Waals surface area contributed by atoms with Crippen LogP contribution in [-0.2, 0) is 19.0 Å². The summed E-state index contributed by atoms with van der Waals surface area (Å²) in [6.07, 6.45) is 10.6. The third kappa shape index (κ3) is 3.09. The molecule has 1 aliphatic carbocycles. The van der Waals surface area contributed by atoms with E-state index in [9.17, 15) is 4.79 Å². The molecule has 4 rings (SSSR count). The number of allylic oxidation sites excluding steroid dienone is 1. The molecule has 26 heavy (non-hydrogen) atoms. The second-order valence-corrected chi connectivity index (χ2v) is 7.44. The summed E-state index contributed by atoms with van der Waals surface area (Å²) >= 11 is 0. The second kappa shape index (κ2) is 6.43. The molecule has 6 heteroatoms. The van der Waals surface area contributed by atoms with Gasteiger partial charge in [0.1, 0.15) is 25.1 Å². The van der Waals surface area contributed by atoms with Crippen LogP contribution in [0.4, 0.5) is 0 Å². The third-order valence-electron chi connectivity index (χ3n) is 5.66. The van der Waals surface area contributed by atoms with Gasteiger partial charge in [-0.3, -0.25) is 4.57 Å². The van der Waals surface area contributed by atoms with Crippen LogP contribution < -0.4 is 0 Å². The van der Waals surface area contributed by atoms with Crippen LogP contribution in [0.25, 0.3) is 5.88 Å². The summed E-state index contributed by atoms with van der Waals surface area (Å²) in [5, 5.41) is 0. The average Bonchev–Trinajstić information content (AvgIpc) is 2.98. The summed E-state index contributed by atoms with van der Waals surface area (Å²) in [6, 6.07) is 0. The molecule has 4 atom stereocenters. The van der Waals surface area contributed by atoms with E-state index < -0.39 is 0 Å². The van der Waals surface area contributed by atoms with Crippen LogP contribution in [0.3, 0.4) is 0 Å². The molecular formula is C20H24N2O4. The number of aromatic nitrogens is 2. The largest absolute Gasteiger partial charge is 0.474 e. The van der Waals surface area contributed by atoms with Crippen molar-refractivity contribution in [1.82, 2.24) is 9.55 Å². The number of nitrogens with zero attached hydrogens (tertiary/aromatic N) is 2. The van der Waals surface area contributed by atoms with Crippen molar-refractivity contribution in [2.45, 2.75) is 50.4 Å². The number of imidazole rings is 1. The topological polar surface area (TPSA) is 65.9 Å². The minimum Gasteiger partial charge on any atom is -0.474 e. The first kappa shape index (κ1) is 17.1. The summed E-state index contributed by atoms with van der Waals surface area (Å²) in [4.78, 5) is 16.0. The molecule has 0 bridgehead atoms. The van der Waals surface area contributed by atoms with Crippen LogP contribution in [0.2, 0.25) is 0 Å². The molecule has 1 aromatic heterocycles. The molecule has 6 nitrogen and oxygen atoms in total. The molecule has 0 radical (unpaired) electrons. The SMILES string of the molecule is C=C1C(=O)O[C@H]2[C@H]1CC/C(COC(=C)n1ccnc1)=C\CC[C@@]1(C)O[C@@H]21. The summed E-state index contributed by atoms with van der Waals surface area (Å²) in [7, 11) is 0. The van der Waals surface area contributed by atoms with Crippen molar-refractivity contribution in [3.8, 4) is 0 Å². The molecule has 2 aliphatic heterocycles. The zero-order chi connectivity index (χ0) is 18.3. The number of hydrogen-bond donors (Lipinski definition) is 0. The van der Waals surface area contributed by atoms with Gasteiger partial charge in [-0.05, 0) is 44.8 Å². The predicted molar refractivity (Wildman–Crippen MR) is 95.8 cm³/mol. The van der Waals surface area contributed by atoms with Crippen LogP contribution in [0.5, 0.6) is 0 Å². The molecule has 0 unspecified atom stereocenters. The van der Waals surface area contributed by atoms with Gasteiger partial charge in [0, 0.05) is 23.9 Å². The van der Waals surface area contributed by atoms with Crippen molar-refractivity contribution < 1.29 is 19.0 Å². The van der Waals surface area contributed by atoms with E-state index in [-0.39, 0.29) is 29.7 Å². The number of esters is 1. The fraction of sp³-hybridized carbons (Fsp3) is 0.500. The van der Waals surface area contributed by atoms with Crippen molar-refractivity contribution in [2.75, 3.05) is 6.61 Å². The molecule has 0 saturated carbocycles. The van der Waals surface area contributed by atoms with E-state index >= 15 is 0 Å². The van der Waals surface area contributed by atoms with Crippen LogP contribution in [-0.4, -0.2) is 39.9 Å². The standard InChI is InChI=1S/C20H24N2O4/c1-13-16-7-6-15(11-24-14(2)22-10-9-21-12-22)5-4-8-20(3)18(26-20)17(16)25-19(13)23/h5,9-10,12,16-18H,1-2,4,6-8,11H2,3H3/b15-5+/t16-,17-,18-,20+/m0/s1. The zero-order valence-electron chi connectivity index (χ0n) is 15.0. The molecule has 2 fully saturated rings. The lowest BCUT2D eigenvalue weighted by molar-refractivity contribution is -0.140. The fourth-order valence-corrected chi connectivity index (χ4v) is 3.91. The lowest BCUT2D eigenvalue weighted by Gasteiger charge is -2.20. The summed E-state index contributed by atoms with van der Waals surface area (Å²) in [6.45, 7) is 10.4. The third-order valence-corrected chi connectivity index (χ3v) is 5.66. The van der Waals surface area contributed by atoms with E-state index in [0.29, 0.717) is 18.1 Å². The minimum absolute atomic E-state index is 0.00711. The Labute approximate surface area is 153 Å². The van der Waals surface area contributed by atoms with E-state index in [1.807, 2.05) is 0 Å². The van der Waals surface area contributed by atoms with Gasteiger partial charge in [0.25, 0.3) is 0 Å². The Bertz CT molecular complexity index is 767. The van der Waals surface area contributed by atoms with Gasteiger partial charge in [-0.1, -0.05) is 12.7 Å². The van der Waals surface area contributed by atoms with E-state index in [4.69, 9.17) is 14.2 Å². The first-order chi connectivity index (χ1) is 12.5. The van der Waals surface area contributed by atoms with Crippen molar-refractivity contribution in [3.63, 3.8) is 0 Å². The highest BCUT2D eigenvalue weighted by molar-refractivity contribution is 5.91. The maximum Gasteiger partial charge on any atom is 0.334 e. The van der Waals surface area contributed by atoms with Crippen molar-refractivity contribution >= 4 is 11.9 Å². The molecular weight excluding hydrogens is 332 g/mol. The van der Waals surface area contributed by atoms with E-state index in [1.165, 1.54) is 5.57 Å². The van der Waals surface area contributed by atoms with Gasteiger partial charge in [-0.25, -0.2) is 9.78 Å². The summed E-state index contributed by atoms with van der Waals surface area (Å²) in [5.41, 5.74) is 1.55. The van der Waals surface area contributed by atoms with Crippen LogP contribution >= 0.6 is 0 Å². The first-order valence-corrected chi connectivity index (χ1v) is 9.03. The summed E-state index contributed by atoms with van der Waals surface area (Å²) in [5.74, 6) is 0.264. The maximum atomic E-state index is 12.0. The van der Waals surface area contributed by atoms with Crippen molar-refractivity contribution in [2.24, 2.45) is 5.92 Å². The first-order valence-electron chi connectivity index (χ1n) is 9.03.